The number of benzene rings is 1. The number of anilines is 1. The first-order valence-corrected chi connectivity index (χ1v) is 10.5. The van der Waals surface area contributed by atoms with Crippen LogP contribution in [0.5, 0.6) is 0 Å². The van der Waals surface area contributed by atoms with Crippen molar-refractivity contribution in [3.05, 3.63) is 35.4 Å². The van der Waals surface area contributed by atoms with Gasteiger partial charge in [0.2, 0.25) is 0 Å². The number of hydrogen-bond acceptors (Lipinski definition) is 2. The maximum absolute atomic E-state index is 2.65. The average Bonchev–Trinajstić information content (AvgIpc) is 2.53. The molecule has 1 aromatic carbocycles. The smallest absolute Gasteiger partial charge is 0.0473 e. The van der Waals surface area contributed by atoms with Gasteiger partial charge >= 0.3 is 0 Å². The zero-order valence-electron chi connectivity index (χ0n) is 17.9. The van der Waals surface area contributed by atoms with E-state index in [0.717, 1.165) is 13.1 Å². The quantitative estimate of drug-likeness (QED) is 0.678. The van der Waals surface area contributed by atoms with Crippen LogP contribution in [0.15, 0.2) is 24.3 Å². The largest absolute Gasteiger partial charge is 0.368 e. The zero-order chi connectivity index (χ0) is 18.9. The highest BCUT2D eigenvalue weighted by Crippen LogP contribution is 2.49. The first-order chi connectivity index (χ1) is 12.2. The Labute approximate surface area is 161 Å². The molecule has 0 unspecified atom stereocenters. The lowest BCUT2D eigenvalue weighted by molar-refractivity contribution is 0.228. The van der Waals surface area contributed by atoms with Crippen LogP contribution in [0.25, 0.3) is 5.57 Å². The Bertz CT molecular complexity index is 661. The van der Waals surface area contributed by atoms with Crippen molar-refractivity contribution in [2.24, 2.45) is 10.8 Å². The van der Waals surface area contributed by atoms with E-state index in [4.69, 9.17) is 0 Å². The third-order valence-electron chi connectivity index (χ3n) is 5.98. The van der Waals surface area contributed by atoms with E-state index in [1.54, 1.807) is 5.57 Å². The SMILES string of the molecule is CCCN1CCN(c2c(C)cccc2C2=CC(C)(C)CC(C)(C)C2)CC1. The van der Waals surface area contributed by atoms with Crippen LogP contribution in [0, 0.1) is 17.8 Å². The van der Waals surface area contributed by atoms with Gasteiger partial charge in [-0.15, -0.1) is 0 Å². The summed E-state index contributed by atoms with van der Waals surface area (Å²) in [6, 6.07) is 6.90. The van der Waals surface area contributed by atoms with Gasteiger partial charge in [0.1, 0.15) is 0 Å². The van der Waals surface area contributed by atoms with Crippen molar-refractivity contribution >= 4 is 11.3 Å². The van der Waals surface area contributed by atoms with E-state index in [-0.39, 0.29) is 5.41 Å². The van der Waals surface area contributed by atoms with Gasteiger partial charge in [0.15, 0.2) is 0 Å². The average molecular weight is 355 g/mol. The van der Waals surface area contributed by atoms with Gasteiger partial charge in [-0.3, -0.25) is 4.90 Å². The molecule has 1 fully saturated rings. The van der Waals surface area contributed by atoms with Crippen LogP contribution in [0.2, 0.25) is 0 Å². The van der Waals surface area contributed by atoms with Gasteiger partial charge in [-0.25, -0.2) is 0 Å². The normalized spacial score (nSPS) is 23.0. The van der Waals surface area contributed by atoms with Gasteiger partial charge in [0.05, 0.1) is 0 Å². The van der Waals surface area contributed by atoms with Crippen LogP contribution in [0.4, 0.5) is 5.69 Å². The second-order valence-corrected chi connectivity index (χ2v) is 9.98. The topological polar surface area (TPSA) is 6.48 Å². The van der Waals surface area contributed by atoms with Gasteiger partial charge in [-0.1, -0.05) is 58.9 Å². The Morgan fingerprint density at radius 1 is 1.00 bits per heavy atom. The van der Waals surface area contributed by atoms with E-state index in [9.17, 15) is 0 Å². The molecule has 0 bridgehead atoms. The predicted octanol–water partition coefficient (Wildman–Crippen LogP) is 5.76. The minimum atomic E-state index is 0.276. The third kappa shape index (κ3) is 4.34. The summed E-state index contributed by atoms with van der Waals surface area (Å²) in [4.78, 5) is 5.26. The number of para-hydroxylation sites is 1. The van der Waals surface area contributed by atoms with Crippen molar-refractivity contribution in [3.63, 3.8) is 0 Å². The number of piperazine rings is 1. The van der Waals surface area contributed by atoms with E-state index < -0.39 is 0 Å². The molecule has 0 radical (unpaired) electrons. The van der Waals surface area contributed by atoms with Crippen molar-refractivity contribution in [2.45, 2.75) is 60.8 Å². The van der Waals surface area contributed by atoms with Crippen LogP contribution in [-0.4, -0.2) is 37.6 Å². The van der Waals surface area contributed by atoms with Crippen LogP contribution in [0.1, 0.15) is 65.0 Å². The third-order valence-corrected chi connectivity index (χ3v) is 5.98. The van der Waals surface area contributed by atoms with Crippen molar-refractivity contribution in [1.29, 1.82) is 0 Å². The summed E-state index contributed by atoms with van der Waals surface area (Å²) < 4.78 is 0. The number of rotatable bonds is 4. The standard InChI is InChI=1S/C24H38N2/c1-7-11-25-12-14-26(15-13-25)22-19(2)9-8-10-21(22)20-16-23(3,4)18-24(5,6)17-20/h8-10,16H,7,11-15,17-18H2,1-6H3. The fourth-order valence-electron chi connectivity index (χ4n) is 5.41. The molecule has 2 aliphatic rings. The molecule has 1 heterocycles. The second-order valence-electron chi connectivity index (χ2n) is 9.98. The summed E-state index contributed by atoms with van der Waals surface area (Å²) in [7, 11) is 0. The zero-order valence-corrected chi connectivity index (χ0v) is 17.9. The van der Waals surface area contributed by atoms with Crippen LogP contribution in [-0.2, 0) is 0 Å². The van der Waals surface area contributed by atoms with E-state index in [2.05, 4.69) is 75.6 Å². The molecular formula is C24H38N2. The maximum atomic E-state index is 2.65. The molecule has 1 aromatic rings. The Balaban J connectivity index is 1.93. The molecule has 0 aromatic heterocycles. The highest BCUT2D eigenvalue weighted by atomic mass is 15.3. The monoisotopic (exact) mass is 354 g/mol. The molecule has 26 heavy (non-hydrogen) atoms. The molecule has 0 saturated carbocycles. The molecule has 0 atom stereocenters. The van der Waals surface area contributed by atoms with Gasteiger partial charge in [-0.05, 0) is 54.7 Å². The van der Waals surface area contributed by atoms with E-state index >= 15 is 0 Å². The lowest BCUT2D eigenvalue weighted by atomic mass is 9.65. The van der Waals surface area contributed by atoms with Gasteiger partial charge in [0.25, 0.3) is 0 Å². The molecular weight excluding hydrogens is 316 g/mol. The van der Waals surface area contributed by atoms with Crippen molar-refractivity contribution in [3.8, 4) is 0 Å². The summed E-state index contributed by atoms with van der Waals surface area (Å²) in [5, 5.41) is 0. The molecule has 3 rings (SSSR count). The Morgan fingerprint density at radius 3 is 2.31 bits per heavy atom. The molecule has 2 heteroatoms. The lowest BCUT2D eigenvalue weighted by Gasteiger charge is -2.42. The molecule has 1 saturated heterocycles. The summed E-state index contributed by atoms with van der Waals surface area (Å²) in [5.74, 6) is 0. The van der Waals surface area contributed by atoms with E-state index in [1.165, 1.54) is 55.7 Å². The molecule has 0 amide bonds. The van der Waals surface area contributed by atoms with Gasteiger partial charge in [0, 0.05) is 37.4 Å². The molecule has 1 aliphatic carbocycles. The Morgan fingerprint density at radius 2 is 1.69 bits per heavy atom. The maximum Gasteiger partial charge on any atom is 0.0473 e. The summed E-state index contributed by atoms with van der Waals surface area (Å²) >= 11 is 0. The van der Waals surface area contributed by atoms with Gasteiger partial charge in [-0.2, -0.15) is 0 Å². The highest BCUT2D eigenvalue weighted by Gasteiger charge is 2.34. The molecule has 1 aliphatic heterocycles. The highest BCUT2D eigenvalue weighted by molar-refractivity contribution is 5.80. The van der Waals surface area contributed by atoms with E-state index in [0.29, 0.717) is 5.41 Å². The van der Waals surface area contributed by atoms with Gasteiger partial charge < -0.3 is 4.90 Å². The lowest BCUT2D eigenvalue weighted by Crippen LogP contribution is -2.47. The Hall–Kier alpha value is -1.28. The first kappa shape index (κ1) is 19.5. The number of hydrogen-bond donors (Lipinski definition) is 0. The summed E-state index contributed by atoms with van der Waals surface area (Å²) in [5.41, 5.74) is 6.60. The molecule has 0 spiro atoms. The second kappa shape index (κ2) is 7.38. The fourth-order valence-corrected chi connectivity index (χ4v) is 5.41. The molecule has 2 nitrogen and oxygen atoms in total. The number of aryl methyl sites for hydroxylation is 1. The number of allylic oxidation sites excluding steroid dienone is 2. The minimum absolute atomic E-state index is 0.276. The van der Waals surface area contributed by atoms with Crippen LogP contribution < -0.4 is 4.90 Å². The van der Waals surface area contributed by atoms with Crippen molar-refractivity contribution in [1.82, 2.24) is 4.90 Å². The van der Waals surface area contributed by atoms with E-state index in [1.807, 2.05) is 0 Å². The van der Waals surface area contributed by atoms with Crippen LogP contribution in [0.3, 0.4) is 0 Å². The van der Waals surface area contributed by atoms with Crippen molar-refractivity contribution < 1.29 is 0 Å². The number of nitrogens with zero attached hydrogens (tertiary/aromatic N) is 2. The first-order valence-electron chi connectivity index (χ1n) is 10.5. The summed E-state index contributed by atoms with van der Waals surface area (Å²) in [6.45, 7) is 20.1. The predicted molar refractivity (Wildman–Crippen MR) is 115 cm³/mol. The Kier molecular flexibility index (Phi) is 5.53. The van der Waals surface area contributed by atoms with Crippen molar-refractivity contribution in [2.75, 3.05) is 37.6 Å². The minimum Gasteiger partial charge on any atom is -0.368 e. The van der Waals surface area contributed by atoms with Crippen LogP contribution >= 0.6 is 0 Å². The fraction of sp³-hybridized carbons (Fsp3) is 0.667. The summed E-state index contributed by atoms with van der Waals surface area (Å²) in [6.07, 6.45) is 6.26. The molecule has 144 valence electrons. The molecule has 0 N–H and O–H groups in total.